The lowest BCUT2D eigenvalue weighted by atomic mass is 9.86. The van der Waals surface area contributed by atoms with E-state index in [-0.39, 0.29) is 5.91 Å². The smallest absolute Gasteiger partial charge is 0.226 e. The summed E-state index contributed by atoms with van der Waals surface area (Å²) < 4.78 is 0. The van der Waals surface area contributed by atoms with E-state index in [4.69, 9.17) is 0 Å². The molecule has 1 fully saturated rings. The van der Waals surface area contributed by atoms with Gasteiger partial charge < -0.3 is 5.32 Å². The minimum absolute atomic E-state index is 0.0844. The lowest BCUT2D eigenvalue weighted by Gasteiger charge is -2.20. The molecule has 0 atom stereocenters. The molecule has 116 valence electrons. The Hall–Kier alpha value is -1.75. The molecule has 0 aromatic carbocycles. The molecular formula is C17H21N3OS. The predicted molar refractivity (Wildman–Crippen MR) is 89.8 cm³/mol. The highest BCUT2D eigenvalue weighted by atomic mass is 32.1. The summed E-state index contributed by atoms with van der Waals surface area (Å²) in [5.74, 6) is 0.823. The zero-order valence-electron chi connectivity index (χ0n) is 12.6. The minimum atomic E-state index is 0.0844. The van der Waals surface area contributed by atoms with Crippen LogP contribution in [-0.2, 0) is 4.79 Å². The number of nitrogens with zero attached hydrogens (tertiary/aromatic N) is 2. The summed E-state index contributed by atoms with van der Waals surface area (Å²) in [4.78, 5) is 20.5. The number of thiazole rings is 1. The highest BCUT2D eigenvalue weighted by Crippen LogP contribution is 2.28. The number of nitrogens with one attached hydrogen (secondary N) is 1. The molecule has 5 heteroatoms. The first-order valence-electron chi connectivity index (χ1n) is 7.97. The fourth-order valence-electron chi connectivity index (χ4n) is 2.98. The summed E-state index contributed by atoms with van der Waals surface area (Å²) in [6.07, 6.45) is 11.7. The lowest BCUT2D eigenvalue weighted by molar-refractivity contribution is -0.116. The molecule has 0 bridgehead atoms. The normalized spacial score (nSPS) is 15.6. The van der Waals surface area contributed by atoms with Crippen LogP contribution in [0.3, 0.4) is 0 Å². The second kappa shape index (κ2) is 7.49. The summed E-state index contributed by atoms with van der Waals surface area (Å²) in [5, 5.41) is 5.57. The fraction of sp³-hybridized carbons (Fsp3) is 0.471. The number of rotatable bonds is 5. The van der Waals surface area contributed by atoms with Gasteiger partial charge in [0.2, 0.25) is 5.91 Å². The van der Waals surface area contributed by atoms with Crippen molar-refractivity contribution in [3.8, 4) is 11.3 Å². The highest BCUT2D eigenvalue weighted by Gasteiger charge is 2.15. The number of amides is 1. The molecule has 4 nitrogen and oxygen atoms in total. The van der Waals surface area contributed by atoms with E-state index < -0.39 is 0 Å². The van der Waals surface area contributed by atoms with E-state index in [9.17, 15) is 4.79 Å². The van der Waals surface area contributed by atoms with E-state index in [0.717, 1.165) is 23.6 Å². The van der Waals surface area contributed by atoms with E-state index in [2.05, 4.69) is 15.3 Å². The van der Waals surface area contributed by atoms with Crippen molar-refractivity contribution in [2.24, 2.45) is 5.92 Å². The molecule has 0 unspecified atom stereocenters. The first-order valence-corrected chi connectivity index (χ1v) is 8.85. The van der Waals surface area contributed by atoms with Crippen molar-refractivity contribution in [1.29, 1.82) is 0 Å². The summed E-state index contributed by atoms with van der Waals surface area (Å²) in [6.45, 7) is 0. The Balaban J connectivity index is 1.50. The zero-order valence-corrected chi connectivity index (χ0v) is 13.4. The zero-order chi connectivity index (χ0) is 15.2. The van der Waals surface area contributed by atoms with E-state index in [1.165, 1.54) is 43.4 Å². The number of pyridine rings is 1. The van der Waals surface area contributed by atoms with Crippen molar-refractivity contribution in [3.05, 3.63) is 29.9 Å². The van der Waals surface area contributed by atoms with Crippen molar-refractivity contribution in [1.82, 2.24) is 9.97 Å². The Morgan fingerprint density at radius 1 is 1.23 bits per heavy atom. The topological polar surface area (TPSA) is 54.9 Å². The van der Waals surface area contributed by atoms with Crippen LogP contribution in [-0.4, -0.2) is 15.9 Å². The van der Waals surface area contributed by atoms with Crippen LogP contribution >= 0.6 is 11.3 Å². The van der Waals surface area contributed by atoms with Crippen LogP contribution in [0, 0.1) is 5.92 Å². The van der Waals surface area contributed by atoms with E-state index in [1.807, 2.05) is 17.5 Å². The number of carbonyl (C=O) groups is 1. The molecule has 1 amide bonds. The number of hydrogen-bond donors (Lipinski definition) is 1. The molecular weight excluding hydrogens is 294 g/mol. The van der Waals surface area contributed by atoms with E-state index >= 15 is 0 Å². The third-order valence-electron chi connectivity index (χ3n) is 4.23. The molecule has 0 aliphatic heterocycles. The quantitative estimate of drug-likeness (QED) is 0.883. The van der Waals surface area contributed by atoms with Crippen LogP contribution in [0.4, 0.5) is 5.13 Å². The summed E-state index contributed by atoms with van der Waals surface area (Å²) >= 11 is 1.47. The summed E-state index contributed by atoms with van der Waals surface area (Å²) in [6, 6.07) is 3.84. The second-order valence-electron chi connectivity index (χ2n) is 5.86. The molecule has 0 spiro atoms. The third kappa shape index (κ3) is 4.13. The van der Waals surface area contributed by atoms with Gasteiger partial charge in [0.1, 0.15) is 0 Å². The molecule has 2 aromatic heterocycles. The van der Waals surface area contributed by atoms with Crippen molar-refractivity contribution in [3.63, 3.8) is 0 Å². The summed E-state index contributed by atoms with van der Waals surface area (Å²) in [7, 11) is 0. The maximum Gasteiger partial charge on any atom is 0.226 e. The molecule has 1 aliphatic rings. The van der Waals surface area contributed by atoms with E-state index in [0.29, 0.717) is 11.6 Å². The molecule has 0 saturated heterocycles. The SMILES string of the molecule is O=C(CCC1CCCCC1)Nc1nc(-c2ccncc2)cs1. The predicted octanol–water partition coefficient (Wildman–Crippen LogP) is 4.50. The number of aromatic nitrogens is 2. The fourth-order valence-corrected chi connectivity index (χ4v) is 3.72. The average Bonchev–Trinajstić information content (AvgIpc) is 3.03. The highest BCUT2D eigenvalue weighted by molar-refractivity contribution is 7.14. The minimum Gasteiger partial charge on any atom is -0.302 e. The van der Waals surface area contributed by atoms with Gasteiger partial charge in [-0.25, -0.2) is 4.98 Å². The standard InChI is InChI=1S/C17H21N3OS/c21-16(7-6-13-4-2-1-3-5-13)20-17-19-15(12-22-17)14-8-10-18-11-9-14/h8-13H,1-7H2,(H,19,20,21). The molecule has 3 rings (SSSR count). The van der Waals surface area contributed by atoms with Gasteiger partial charge in [-0.05, 0) is 24.5 Å². The van der Waals surface area contributed by atoms with Crippen LogP contribution in [0.15, 0.2) is 29.9 Å². The van der Waals surface area contributed by atoms with Gasteiger partial charge in [0, 0.05) is 29.8 Å². The van der Waals surface area contributed by atoms with Crippen molar-refractivity contribution < 1.29 is 4.79 Å². The maximum atomic E-state index is 12.0. The average molecular weight is 315 g/mol. The van der Waals surface area contributed by atoms with Gasteiger partial charge in [0.15, 0.2) is 5.13 Å². The molecule has 0 radical (unpaired) electrons. The Morgan fingerprint density at radius 3 is 2.77 bits per heavy atom. The number of anilines is 1. The maximum absolute atomic E-state index is 12.0. The third-order valence-corrected chi connectivity index (χ3v) is 4.99. The van der Waals surface area contributed by atoms with Gasteiger partial charge in [-0.3, -0.25) is 9.78 Å². The first kappa shape index (κ1) is 15.2. The molecule has 2 heterocycles. The molecule has 2 aromatic rings. The summed E-state index contributed by atoms with van der Waals surface area (Å²) in [5.41, 5.74) is 1.91. The Morgan fingerprint density at radius 2 is 2.00 bits per heavy atom. The van der Waals surface area contributed by atoms with Crippen LogP contribution in [0.1, 0.15) is 44.9 Å². The first-order chi connectivity index (χ1) is 10.8. The molecule has 1 aliphatic carbocycles. The second-order valence-corrected chi connectivity index (χ2v) is 6.72. The van der Waals surface area contributed by atoms with Crippen molar-refractivity contribution in [2.45, 2.75) is 44.9 Å². The van der Waals surface area contributed by atoms with Crippen molar-refractivity contribution >= 4 is 22.4 Å². The monoisotopic (exact) mass is 315 g/mol. The molecule has 1 saturated carbocycles. The van der Waals surface area contributed by atoms with Crippen LogP contribution in [0.2, 0.25) is 0 Å². The van der Waals surface area contributed by atoms with Gasteiger partial charge in [-0.1, -0.05) is 32.1 Å². The van der Waals surface area contributed by atoms with Gasteiger partial charge in [0.05, 0.1) is 5.69 Å². The molecule has 1 N–H and O–H groups in total. The van der Waals surface area contributed by atoms with Crippen LogP contribution in [0.5, 0.6) is 0 Å². The van der Waals surface area contributed by atoms with Crippen molar-refractivity contribution in [2.75, 3.05) is 5.32 Å². The van der Waals surface area contributed by atoms with Crippen LogP contribution in [0.25, 0.3) is 11.3 Å². The van der Waals surface area contributed by atoms with Crippen LogP contribution < -0.4 is 5.32 Å². The van der Waals surface area contributed by atoms with Gasteiger partial charge in [-0.2, -0.15) is 0 Å². The molecule has 22 heavy (non-hydrogen) atoms. The number of carbonyl (C=O) groups excluding carboxylic acids is 1. The van der Waals surface area contributed by atoms with Gasteiger partial charge >= 0.3 is 0 Å². The largest absolute Gasteiger partial charge is 0.302 e. The number of hydrogen-bond acceptors (Lipinski definition) is 4. The Kier molecular flexibility index (Phi) is 5.16. The van der Waals surface area contributed by atoms with Gasteiger partial charge in [-0.15, -0.1) is 11.3 Å². The Labute approximate surface area is 135 Å². The Bertz CT molecular complexity index is 605. The van der Waals surface area contributed by atoms with Gasteiger partial charge in [0.25, 0.3) is 0 Å². The van der Waals surface area contributed by atoms with E-state index in [1.54, 1.807) is 12.4 Å². The lowest BCUT2D eigenvalue weighted by Crippen LogP contribution is -2.14.